The molecule has 0 saturated heterocycles. The van der Waals surface area contributed by atoms with E-state index >= 15 is 0 Å². The standard InChI is InChI=1S/C14H20O2/c1-10(2)14-9-16-8-12-5-4-11(7-15-3)6-13(12)14/h4-6,10,14H,7-9H2,1-3H3. The zero-order valence-electron chi connectivity index (χ0n) is 10.3. The fraction of sp³-hybridized carbons (Fsp3) is 0.571. The van der Waals surface area contributed by atoms with E-state index in [-0.39, 0.29) is 0 Å². The second-order valence-corrected chi connectivity index (χ2v) is 4.83. The molecule has 0 N–H and O–H groups in total. The molecule has 1 aliphatic heterocycles. The van der Waals surface area contributed by atoms with E-state index in [4.69, 9.17) is 9.47 Å². The molecule has 1 heterocycles. The highest BCUT2D eigenvalue weighted by atomic mass is 16.5. The molecule has 16 heavy (non-hydrogen) atoms. The van der Waals surface area contributed by atoms with Gasteiger partial charge >= 0.3 is 0 Å². The number of fused-ring (bicyclic) bond motifs is 1. The summed E-state index contributed by atoms with van der Waals surface area (Å²) in [4.78, 5) is 0. The summed E-state index contributed by atoms with van der Waals surface area (Å²) in [6.07, 6.45) is 0. The highest BCUT2D eigenvalue weighted by Gasteiger charge is 2.23. The van der Waals surface area contributed by atoms with Gasteiger partial charge in [0.25, 0.3) is 0 Å². The van der Waals surface area contributed by atoms with Crippen molar-refractivity contribution in [2.24, 2.45) is 5.92 Å². The molecule has 0 saturated carbocycles. The maximum Gasteiger partial charge on any atom is 0.0719 e. The first-order valence-corrected chi connectivity index (χ1v) is 5.90. The first-order valence-electron chi connectivity index (χ1n) is 5.90. The smallest absolute Gasteiger partial charge is 0.0719 e. The van der Waals surface area contributed by atoms with Gasteiger partial charge in [0.05, 0.1) is 19.8 Å². The summed E-state index contributed by atoms with van der Waals surface area (Å²) >= 11 is 0. The number of hydrogen-bond donors (Lipinski definition) is 0. The van der Waals surface area contributed by atoms with Crippen molar-refractivity contribution in [2.45, 2.75) is 33.0 Å². The molecule has 0 spiro atoms. The molecule has 0 bridgehead atoms. The molecule has 1 aliphatic rings. The Morgan fingerprint density at radius 3 is 2.94 bits per heavy atom. The van der Waals surface area contributed by atoms with Gasteiger partial charge in [-0.2, -0.15) is 0 Å². The molecule has 1 aromatic rings. The third-order valence-electron chi connectivity index (χ3n) is 3.28. The molecule has 1 unspecified atom stereocenters. The second-order valence-electron chi connectivity index (χ2n) is 4.83. The van der Waals surface area contributed by atoms with Crippen molar-refractivity contribution in [3.63, 3.8) is 0 Å². The normalized spacial score (nSPS) is 19.9. The van der Waals surface area contributed by atoms with Gasteiger partial charge in [-0.15, -0.1) is 0 Å². The van der Waals surface area contributed by atoms with Crippen molar-refractivity contribution in [3.05, 3.63) is 34.9 Å². The maximum absolute atomic E-state index is 5.64. The van der Waals surface area contributed by atoms with E-state index in [1.165, 1.54) is 16.7 Å². The molecule has 0 aromatic heterocycles. The molecule has 0 radical (unpaired) electrons. The number of benzene rings is 1. The molecule has 0 fully saturated rings. The van der Waals surface area contributed by atoms with Crippen molar-refractivity contribution in [2.75, 3.05) is 13.7 Å². The highest BCUT2D eigenvalue weighted by molar-refractivity contribution is 5.35. The molecule has 1 aromatic carbocycles. The van der Waals surface area contributed by atoms with E-state index in [9.17, 15) is 0 Å². The summed E-state index contributed by atoms with van der Waals surface area (Å²) in [7, 11) is 1.74. The first kappa shape index (κ1) is 11.6. The Labute approximate surface area is 97.6 Å². The highest BCUT2D eigenvalue weighted by Crippen LogP contribution is 2.32. The van der Waals surface area contributed by atoms with Crippen LogP contribution >= 0.6 is 0 Å². The lowest BCUT2D eigenvalue weighted by molar-refractivity contribution is 0.0790. The average molecular weight is 220 g/mol. The summed E-state index contributed by atoms with van der Waals surface area (Å²) in [6.45, 7) is 6.81. The van der Waals surface area contributed by atoms with Gasteiger partial charge in [0.2, 0.25) is 0 Å². The van der Waals surface area contributed by atoms with Crippen LogP contribution in [-0.4, -0.2) is 13.7 Å². The lowest BCUT2D eigenvalue weighted by Gasteiger charge is -2.29. The van der Waals surface area contributed by atoms with E-state index in [2.05, 4.69) is 32.0 Å². The van der Waals surface area contributed by atoms with E-state index in [1.54, 1.807) is 7.11 Å². The van der Waals surface area contributed by atoms with Gasteiger partial charge in [-0.05, 0) is 22.6 Å². The second kappa shape index (κ2) is 4.98. The SMILES string of the molecule is COCc1ccc2c(c1)C(C(C)C)COC2. The summed E-state index contributed by atoms with van der Waals surface area (Å²) in [6, 6.07) is 6.60. The molecular formula is C14H20O2. The van der Waals surface area contributed by atoms with Crippen LogP contribution in [-0.2, 0) is 22.7 Å². The third-order valence-corrected chi connectivity index (χ3v) is 3.28. The topological polar surface area (TPSA) is 18.5 Å². The quantitative estimate of drug-likeness (QED) is 0.779. The zero-order chi connectivity index (χ0) is 11.5. The lowest BCUT2D eigenvalue weighted by Crippen LogP contribution is -2.21. The molecule has 2 heteroatoms. The molecule has 0 aliphatic carbocycles. The average Bonchev–Trinajstić information content (AvgIpc) is 2.28. The van der Waals surface area contributed by atoms with Gasteiger partial charge in [0, 0.05) is 13.0 Å². The van der Waals surface area contributed by atoms with E-state index in [1.807, 2.05) is 0 Å². The molecule has 88 valence electrons. The van der Waals surface area contributed by atoms with Crippen LogP contribution in [0.5, 0.6) is 0 Å². The van der Waals surface area contributed by atoms with Crippen LogP contribution < -0.4 is 0 Å². The number of rotatable bonds is 3. The van der Waals surface area contributed by atoms with Gasteiger partial charge in [-0.1, -0.05) is 32.0 Å². The van der Waals surface area contributed by atoms with E-state index in [0.29, 0.717) is 18.4 Å². The molecule has 2 rings (SSSR count). The summed E-state index contributed by atoms with van der Waals surface area (Å²) in [5, 5.41) is 0. The van der Waals surface area contributed by atoms with Crippen LogP contribution in [0.1, 0.15) is 36.5 Å². The lowest BCUT2D eigenvalue weighted by atomic mass is 9.84. The first-order chi connectivity index (χ1) is 7.72. The Balaban J connectivity index is 2.32. The van der Waals surface area contributed by atoms with E-state index in [0.717, 1.165) is 13.2 Å². The van der Waals surface area contributed by atoms with Gasteiger partial charge in [0.1, 0.15) is 0 Å². The number of methoxy groups -OCH3 is 1. The van der Waals surface area contributed by atoms with E-state index < -0.39 is 0 Å². The van der Waals surface area contributed by atoms with Gasteiger partial charge in [-0.25, -0.2) is 0 Å². The largest absolute Gasteiger partial charge is 0.380 e. The van der Waals surface area contributed by atoms with Crippen LogP contribution in [0.2, 0.25) is 0 Å². The number of hydrogen-bond acceptors (Lipinski definition) is 2. The van der Waals surface area contributed by atoms with Crippen LogP contribution in [0.3, 0.4) is 0 Å². The molecule has 0 amide bonds. The third kappa shape index (κ3) is 2.28. The minimum Gasteiger partial charge on any atom is -0.380 e. The Hall–Kier alpha value is -0.860. The fourth-order valence-corrected chi connectivity index (χ4v) is 2.31. The van der Waals surface area contributed by atoms with Crippen LogP contribution in [0.4, 0.5) is 0 Å². The van der Waals surface area contributed by atoms with Crippen LogP contribution in [0.25, 0.3) is 0 Å². The summed E-state index contributed by atoms with van der Waals surface area (Å²) in [5.74, 6) is 1.15. The van der Waals surface area contributed by atoms with Crippen LogP contribution in [0, 0.1) is 5.92 Å². The van der Waals surface area contributed by atoms with Crippen molar-refractivity contribution in [1.82, 2.24) is 0 Å². The van der Waals surface area contributed by atoms with Gasteiger partial charge < -0.3 is 9.47 Å². The van der Waals surface area contributed by atoms with Crippen LogP contribution in [0.15, 0.2) is 18.2 Å². The minimum absolute atomic E-state index is 0.528. The molecular weight excluding hydrogens is 200 g/mol. The number of ether oxygens (including phenoxy) is 2. The predicted molar refractivity (Wildman–Crippen MR) is 64.4 cm³/mol. The predicted octanol–water partition coefficient (Wildman–Crippen LogP) is 3.10. The molecule has 2 nitrogen and oxygen atoms in total. The Morgan fingerprint density at radius 2 is 2.25 bits per heavy atom. The van der Waals surface area contributed by atoms with Crippen molar-refractivity contribution in [3.8, 4) is 0 Å². The van der Waals surface area contributed by atoms with Gasteiger partial charge in [-0.3, -0.25) is 0 Å². The van der Waals surface area contributed by atoms with Crippen molar-refractivity contribution < 1.29 is 9.47 Å². The Bertz CT molecular complexity index is 358. The van der Waals surface area contributed by atoms with Crippen molar-refractivity contribution in [1.29, 1.82) is 0 Å². The summed E-state index contributed by atoms with van der Waals surface area (Å²) in [5.41, 5.74) is 4.05. The monoisotopic (exact) mass is 220 g/mol. The fourth-order valence-electron chi connectivity index (χ4n) is 2.31. The Morgan fingerprint density at radius 1 is 1.44 bits per heavy atom. The summed E-state index contributed by atoms with van der Waals surface area (Å²) < 4.78 is 10.8. The molecule has 1 atom stereocenters. The Kier molecular flexibility index (Phi) is 3.62. The maximum atomic E-state index is 5.64. The van der Waals surface area contributed by atoms with Gasteiger partial charge in [0.15, 0.2) is 0 Å². The minimum atomic E-state index is 0.528. The van der Waals surface area contributed by atoms with Crippen molar-refractivity contribution >= 4 is 0 Å². The zero-order valence-corrected chi connectivity index (χ0v) is 10.3.